The van der Waals surface area contributed by atoms with E-state index in [2.05, 4.69) is 0 Å². The van der Waals surface area contributed by atoms with Gasteiger partial charge in [-0.25, -0.2) is 0 Å². The predicted molar refractivity (Wildman–Crippen MR) is 45.0 cm³/mol. The van der Waals surface area contributed by atoms with Crippen LogP contribution in [0.25, 0.3) is 0 Å². The average Bonchev–Trinajstić information content (AvgIpc) is 1.83. The highest BCUT2D eigenvalue weighted by atomic mass is 16.5. The number of rotatable bonds is 4. The number of carboxylic acids is 1. The Morgan fingerprint density at radius 1 is 1.58 bits per heavy atom. The lowest BCUT2D eigenvalue weighted by Crippen LogP contribution is -2.33. The normalized spacial score (nSPS) is 18.8. The third-order valence-electron chi connectivity index (χ3n) is 2.31. The highest BCUT2D eigenvalue weighted by Crippen LogP contribution is 2.25. The van der Waals surface area contributed by atoms with E-state index in [0.29, 0.717) is 12.7 Å². The van der Waals surface area contributed by atoms with Crippen LogP contribution < -0.4 is 0 Å². The minimum absolute atomic E-state index is 0.323. The summed E-state index contributed by atoms with van der Waals surface area (Å²) in [5, 5.41) is 8.76. The fourth-order valence-corrected chi connectivity index (χ4v) is 0.925. The molecule has 1 N–H and O–H groups in total. The van der Waals surface area contributed by atoms with Crippen LogP contribution in [0.2, 0.25) is 0 Å². The van der Waals surface area contributed by atoms with Crippen molar-refractivity contribution in [1.29, 1.82) is 0 Å². The molecule has 0 unspecified atom stereocenters. The molecule has 0 spiro atoms. The molecule has 0 saturated heterocycles. The fraction of sp³-hybridized carbons (Fsp3) is 0.889. The summed E-state index contributed by atoms with van der Waals surface area (Å²) in [4.78, 5) is 10.7. The quantitative estimate of drug-likeness (QED) is 0.701. The number of ether oxygens (including phenoxy) is 1. The molecule has 0 amide bonds. The first-order valence-corrected chi connectivity index (χ1v) is 4.37. The third kappa shape index (κ3) is 2.21. The van der Waals surface area contributed by atoms with E-state index in [1.54, 1.807) is 13.8 Å². The van der Waals surface area contributed by atoms with E-state index in [-0.39, 0.29) is 0 Å². The fourth-order valence-electron chi connectivity index (χ4n) is 0.925. The van der Waals surface area contributed by atoms with Crippen LogP contribution in [0, 0.1) is 5.41 Å². The van der Waals surface area contributed by atoms with Gasteiger partial charge in [0.05, 0.1) is 18.1 Å². The molecule has 1 saturated carbocycles. The number of hydrogen-bond donors (Lipinski definition) is 1. The van der Waals surface area contributed by atoms with Gasteiger partial charge in [-0.2, -0.15) is 0 Å². The Bertz CT molecular complexity index is 171. The van der Waals surface area contributed by atoms with Gasteiger partial charge >= 0.3 is 5.97 Å². The monoisotopic (exact) mass is 172 g/mol. The van der Waals surface area contributed by atoms with Crippen LogP contribution in [0.3, 0.4) is 0 Å². The minimum Gasteiger partial charge on any atom is -0.481 e. The third-order valence-corrected chi connectivity index (χ3v) is 2.31. The van der Waals surface area contributed by atoms with Crippen molar-refractivity contribution in [3.63, 3.8) is 0 Å². The highest BCUT2D eigenvalue weighted by molar-refractivity contribution is 5.73. The topological polar surface area (TPSA) is 46.5 Å². The molecule has 0 heterocycles. The van der Waals surface area contributed by atoms with E-state index in [4.69, 9.17) is 9.84 Å². The van der Waals surface area contributed by atoms with Gasteiger partial charge in [0, 0.05) is 0 Å². The smallest absolute Gasteiger partial charge is 0.311 e. The molecule has 1 fully saturated rings. The first kappa shape index (κ1) is 9.52. The summed E-state index contributed by atoms with van der Waals surface area (Å²) in [6, 6.07) is 0. The molecule has 0 atom stereocenters. The number of carbonyl (C=O) groups is 1. The van der Waals surface area contributed by atoms with E-state index < -0.39 is 11.4 Å². The Morgan fingerprint density at radius 2 is 2.17 bits per heavy atom. The molecule has 70 valence electrons. The Balaban J connectivity index is 2.24. The van der Waals surface area contributed by atoms with Crippen LogP contribution in [0.15, 0.2) is 0 Å². The zero-order valence-electron chi connectivity index (χ0n) is 7.67. The SMILES string of the molecule is CC(C)(COC1CCC1)C(=O)O. The molecule has 1 rings (SSSR count). The highest BCUT2D eigenvalue weighted by Gasteiger charge is 2.29. The molecule has 0 aromatic heterocycles. The van der Waals surface area contributed by atoms with Crippen LogP contribution in [0.1, 0.15) is 33.1 Å². The first-order valence-electron chi connectivity index (χ1n) is 4.37. The van der Waals surface area contributed by atoms with Gasteiger partial charge in [0.1, 0.15) is 0 Å². The maximum Gasteiger partial charge on any atom is 0.311 e. The summed E-state index contributed by atoms with van der Waals surface area (Å²) in [5.41, 5.74) is -0.740. The zero-order chi connectivity index (χ0) is 9.19. The molecule has 0 bridgehead atoms. The van der Waals surface area contributed by atoms with Crippen LogP contribution >= 0.6 is 0 Å². The average molecular weight is 172 g/mol. The molecule has 0 aromatic rings. The molecule has 3 nitrogen and oxygen atoms in total. The minimum atomic E-state index is -0.790. The molecular formula is C9H16O3. The van der Waals surface area contributed by atoms with Gasteiger partial charge in [-0.15, -0.1) is 0 Å². The van der Waals surface area contributed by atoms with Crippen molar-refractivity contribution in [2.75, 3.05) is 6.61 Å². The van der Waals surface area contributed by atoms with Crippen molar-refractivity contribution in [1.82, 2.24) is 0 Å². The van der Waals surface area contributed by atoms with Crippen LogP contribution in [-0.2, 0) is 9.53 Å². The lowest BCUT2D eigenvalue weighted by Gasteiger charge is -2.29. The van der Waals surface area contributed by atoms with Gasteiger partial charge < -0.3 is 9.84 Å². The Morgan fingerprint density at radius 3 is 2.50 bits per heavy atom. The predicted octanol–water partition coefficient (Wildman–Crippen LogP) is 1.67. The second kappa shape index (κ2) is 3.44. The van der Waals surface area contributed by atoms with Gasteiger partial charge in [0.15, 0.2) is 0 Å². The second-order valence-electron chi connectivity index (χ2n) is 4.05. The summed E-state index contributed by atoms with van der Waals surface area (Å²) in [6.45, 7) is 3.70. The van der Waals surface area contributed by atoms with E-state index in [1.807, 2.05) is 0 Å². The Kier molecular flexibility index (Phi) is 2.73. The lowest BCUT2D eigenvalue weighted by molar-refractivity contribution is -0.152. The van der Waals surface area contributed by atoms with E-state index >= 15 is 0 Å². The summed E-state index contributed by atoms with van der Waals surface area (Å²) in [5.74, 6) is -0.790. The van der Waals surface area contributed by atoms with Gasteiger partial charge in [-0.05, 0) is 33.1 Å². The van der Waals surface area contributed by atoms with Crippen molar-refractivity contribution in [2.24, 2.45) is 5.41 Å². The molecule has 0 aromatic carbocycles. The molecule has 3 heteroatoms. The molecule has 0 aliphatic heterocycles. The molecule has 0 radical (unpaired) electrons. The summed E-state index contributed by atoms with van der Waals surface area (Å²) in [7, 11) is 0. The van der Waals surface area contributed by atoms with Crippen LogP contribution in [0.4, 0.5) is 0 Å². The van der Waals surface area contributed by atoms with Gasteiger partial charge in [0.25, 0.3) is 0 Å². The summed E-state index contributed by atoms with van der Waals surface area (Å²) < 4.78 is 5.42. The van der Waals surface area contributed by atoms with Crippen molar-refractivity contribution in [3.05, 3.63) is 0 Å². The van der Waals surface area contributed by atoms with E-state index in [9.17, 15) is 4.79 Å². The molecular weight excluding hydrogens is 156 g/mol. The van der Waals surface area contributed by atoms with E-state index in [1.165, 1.54) is 6.42 Å². The largest absolute Gasteiger partial charge is 0.481 e. The van der Waals surface area contributed by atoms with Gasteiger partial charge in [0.2, 0.25) is 0 Å². The van der Waals surface area contributed by atoms with Crippen LogP contribution in [-0.4, -0.2) is 23.8 Å². The zero-order valence-corrected chi connectivity index (χ0v) is 7.67. The van der Waals surface area contributed by atoms with Gasteiger partial charge in [-0.1, -0.05) is 0 Å². The van der Waals surface area contributed by atoms with Crippen molar-refractivity contribution >= 4 is 5.97 Å². The number of aliphatic carboxylic acids is 1. The van der Waals surface area contributed by atoms with Crippen molar-refractivity contribution in [2.45, 2.75) is 39.2 Å². The molecule has 12 heavy (non-hydrogen) atoms. The number of hydrogen-bond acceptors (Lipinski definition) is 2. The maximum absolute atomic E-state index is 10.7. The van der Waals surface area contributed by atoms with Crippen LogP contribution in [0.5, 0.6) is 0 Å². The standard InChI is InChI=1S/C9H16O3/c1-9(2,8(10)11)6-12-7-4-3-5-7/h7H,3-6H2,1-2H3,(H,10,11). The summed E-state index contributed by atoms with van der Waals surface area (Å²) >= 11 is 0. The molecule has 1 aliphatic carbocycles. The lowest BCUT2D eigenvalue weighted by atomic mass is 9.93. The first-order chi connectivity index (χ1) is 5.52. The molecule has 1 aliphatic rings. The Hall–Kier alpha value is -0.570. The van der Waals surface area contributed by atoms with E-state index in [0.717, 1.165) is 12.8 Å². The van der Waals surface area contributed by atoms with Crippen molar-refractivity contribution in [3.8, 4) is 0 Å². The Labute approximate surface area is 72.7 Å². The van der Waals surface area contributed by atoms with Gasteiger partial charge in [-0.3, -0.25) is 4.79 Å². The van der Waals surface area contributed by atoms with Crippen molar-refractivity contribution < 1.29 is 14.6 Å². The number of carboxylic acid groups (broad SMARTS) is 1. The maximum atomic E-state index is 10.7. The summed E-state index contributed by atoms with van der Waals surface area (Å²) in [6.07, 6.45) is 3.73. The second-order valence-corrected chi connectivity index (χ2v) is 4.05.